The number of Topliss-reactive ketones (excluding diaryl/α,β-unsaturated/α-hetero) is 1. The van der Waals surface area contributed by atoms with Crippen molar-refractivity contribution in [1.82, 2.24) is 15.1 Å². The molecule has 0 radical (unpaired) electrons. The second-order valence-corrected chi connectivity index (χ2v) is 5.16. The first-order valence-electron chi connectivity index (χ1n) is 7.39. The van der Waals surface area contributed by atoms with E-state index < -0.39 is 0 Å². The Morgan fingerprint density at radius 3 is 2.58 bits per heavy atom. The Hall–Kier alpha value is -1.16. The van der Waals surface area contributed by atoms with Gasteiger partial charge in [-0.15, -0.1) is 0 Å². The van der Waals surface area contributed by atoms with Crippen molar-refractivity contribution in [1.29, 1.82) is 0 Å². The van der Waals surface area contributed by atoms with Crippen LogP contribution in [0.5, 0.6) is 0 Å². The minimum atomic E-state index is 0.204. The van der Waals surface area contributed by atoms with Crippen molar-refractivity contribution in [2.75, 3.05) is 6.54 Å². The summed E-state index contributed by atoms with van der Waals surface area (Å²) in [6.07, 6.45) is 5.60. The smallest absolute Gasteiger partial charge is 0.152 e. The monoisotopic (exact) mass is 265 g/mol. The zero-order valence-electron chi connectivity index (χ0n) is 12.6. The third-order valence-electron chi connectivity index (χ3n) is 3.62. The van der Waals surface area contributed by atoms with Crippen LogP contribution in [-0.4, -0.2) is 28.2 Å². The van der Waals surface area contributed by atoms with Gasteiger partial charge in [0.25, 0.3) is 0 Å². The van der Waals surface area contributed by atoms with Gasteiger partial charge in [-0.2, -0.15) is 5.10 Å². The topological polar surface area (TPSA) is 46.9 Å². The third kappa shape index (κ3) is 5.15. The predicted molar refractivity (Wildman–Crippen MR) is 78.3 cm³/mol. The van der Waals surface area contributed by atoms with Crippen molar-refractivity contribution in [3.63, 3.8) is 0 Å². The van der Waals surface area contributed by atoms with Gasteiger partial charge in [0.15, 0.2) is 5.78 Å². The van der Waals surface area contributed by atoms with E-state index in [2.05, 4.69) is 38.1 Å². The van der Waals surface area contributed by atoms with Crippen molar-refractivity contribution < 1.29 is 4.79 Å². The molecule has 4 nitrogen and oxygen atoms in total. The summed E-state index contributed by atoms with van der Waals surface area (Å²) in [5.41, 5.74) is 0.878. The molecule has 19 heavy (non-hydrogen) atoms. The van der Waals surface area contributed by atoms with Crippen LogP contribution >= 0.6 is 0 Å². The van der Waals surface area contributed by atoms with Crippen LogP contribution in [0.1, 0.15) is 58.7 Å². The van der Waals surface area contributed by atoms with E-state index in [0.717, 1.165) is 25.0 Å². The summed E-state index contributed by atoms with van der Waals surface area (Å²) in [5, 5.41) is 7.73. The van der Waals surface area contributed by atoms with E-state index >= 15 is 0 Å². The lowest BCUT2D eigenvalue weighted by Gasteiger charge is -2.12. The van der Waals surface area contributed by atoms with Crippen molar-refractivity contribution in [2.45, 2.75) is 65.5 Å². The van der Waals surface area contributed by atoms with Crippen LogP contribution in [0.4, 0.5) is 0 Å². The zero-order valence-corrected chi connectivity index (χ0v) is 12.6. The van der Waals surface area contributed by atoms with Gasteiger partial charge >= 0.3 is 0 Å². The van der Waals surface area contributed by atoms with E-state index in [9.17, 15) is 4.79 Å². The predicted octanol–water partition coefficient (Wildman–Crippen LogP) is 2.74. The molecule has 1 atom stereocenters. The highest BCUT2D eigenvalue weighted by molar-refractivity contribution is 5.82. The number of rotatable bonds is 9. The molecule has 0 fully saturated rings. The number of carbonyl (C=O) groups excluding carboxylic acids is 1. The van der Waals surface area contributed by atoms with Gasteiger partial charge in [-0.1, -0.05) is 20.8 Å². The van der Waals surface area contributed by atoms with Gasteiger partial charge < -0.3 is 5.32 Å². The second kappa shape index (κ2) is 8.10. The summed E-state index contributed by atoms with van der Waals surface area (Å²) in [4.78, 5) is 11.8. The summed E-state index contributed by atoms with van der Waals surface area (Å²) in [5.74, 6) is 0.204. The van der Waals surface area contributed by atoms with E-state index in [4.69, 9.17) is 0 Å². The fraction of sp³-hybridized carbons (Fsp3) is 0.733. The van der Waals surface area contributed by atoms with Crippen LogP contribution in [0.2, 0.25) is 0 Å². The van der Waals surface area contributed by atoms with Crippen LogP contribution in [-0.2, 0) is 11.2 Å². The van der Waals surface area contributed by atoms with E-state index in [1.807, 2.05) is 16.9 Å². The Bertz CT molecular complexity index is 382. The highest BCUT2D eigenvalue weighted by Crippen LogP contribution is 2.14. The molecule has 4 heteroatoms. The van der Waals surface area contributed by atoms with Gasteiger partial charge in [0.2, 0.25) is 0 Å². The number of carbonyl (C=O) groups is 1. The van der Waals surface area contributed by atoms with Crippen LogP contribution in [0.25, 0.3) is 0 Å². The molecule has 1 heterocycles. The Balaban J connectivity index is 2.47. The van der Waals surface area contributed by atoms with Crippen LogP contribution in [0.15, 0.2) is 12.3 Å². The first-order valence-corrected chi connectivity index (χ1v) is 7.39. The normalized spacial score (nSPS) is 12.9. The number of ketones is 1. The van der Waals surface area contributed by atoms with E-state index in [0.29, 0.717) is 25.0 Å². The summed E-state index contributed by atoms with van der Waals surface area (Å²) in [6.45, 7) is 8.97. The minimum Gasteiger partial charge on any atom is -0.307 e. The molecule has 1 aromatic heterocycles. The molecule has 1 N–H and O–H groups in total. The van der Waals surface area contributed by atoms with Crippen LogP contribution in [0.3, 0.4) is 0 Å². The van der Waals surface area contributed by atoms with Crippen LogP contribution < -0.4 is 5.32 Å². The van der Waals surface area contributed by atoms with Crippen molar-refractivity contribution >= 4 is 5.78 Å². The van der Waals surface area contributed by atoms with E-state index in [1.165, 1.54) is 0 Å². The van der Waals surface area contributed by atoms with Gasteiger partial charge in [0.05, 0.1) is 24.7 Å². The second-order valence-electron chi connectivity index (χ2n) is 5.16. The first kappa shape index (κ1) is 15.9. The quantitative estimate of drug-likeness (QED) is 0.747. The summed E-state index contributed by atoms with van der Waals surface area (Å²) >= 11 is 0. The standard InChI is InChI=1S/C15H27N3O/c1-5-12(4)16-11-15(19)10-13-8-9-18(17-13)14(6-2)7-3/h8-9,12,14,16H,5-7,10-11H2,1-4H3. The molecule has 0 saturated heterocycles. The lowest BCUT2D eigenvalue weighted by atomic mass is 10.2. The molecule has 0 amide bonds. The Kier molecular flexibility index (Phi) is 6.78. The lowest BCUT2D eigenvalue weighted by Crippen LogP contribution is -2.31. The molecule has 0 bridgehead atoms. The molecular weight excluding hydrogens is 238 g/mol. The number of hydrogen-bond acceptors (Lipinski definition) is 3. The number of aromatic nitrogens is 2. The largest absolute Gasteiger partial charge is 0.307 e. The molecule has 108 valence electrons. The Labute approximate surface area is 116 Å². The lowest BCUT2D eigenvalue weighted by molar-refractivity contribution is -0.117. The Morgan fingerprint density at radius 1 is 1.32 bits per heavy atom. The molecule has 0 aliphatic carbocycles. The minimum absolute atomic E-state index is 0.204. The molecule has 0 aliphatic rings. The van der Waals surface area contributed by atoms with Gasteiger partial charge in [-0.3, -0.25) is 9.48 Å². The molecule has 0 aliphatic heterocycles. The average Bonchev–Trinajstić information content (AvgIpc) is 2.85. The number of nitrogens with one attached hydrogen (secondary N) is 1. The number of hydrogen-bond donors (Lipinski definition) is 1. The van der Waals surface area contributed by atoms with E-state index in [1.54, 1.807) is 0 Å². The molecule has 1 rings (SSSR count). The number of nitrogens with zero attached hydrogens (tertiary/aromatic N) is 2. The van der Waals surface area contributed by atoms with E-state index in [-0.39, 0.29) is 5.78 Å². The summed E-state index contributed by atoms with van der Waals surface area (Å²) < 4.78 is 1.99. The fourth-order valence-corrected chi connectivity index (χ4v) is 2.03. The maximum absolute atomic E-state index is 11.8. The van der Waals surface area contributed by atoms with Crippen molar-refractivity contribution in [2.24, 2.45) is 0 Å². The molecular formula is C15H27N3O. The maximum atomic E-state index is 11.8. The molecule has 0 spiro atoms. The zero-order chi connectivity index (χ0) is 14.3. The van der Waals surface area contributed by atoms with Gasteiger partial charge in [0.1, 0.15) is 0 Å². The van der Waals surface area contributed by atoms with Crippen molar-refractivity contribution in [3.05, 3.63) is 18.0 Å². The van der Waals surface area contributed by atoms with Gasteiger partial charge in [-0.05, 0) is 32.3 Å². The molecule has 0 aromatic carbocycles. The fourth-order valence-electron chi connectivity index (χ4n) is 2.03. The average molecular weight is 265 g/mol. The molecule has 1 aromatic rings. The van der Waals surface area contributed by atoms with Gasteiger partial charge in [0, 0.05) is 12.2 Å². The summed E-state index contributed by atoms with van der Waals surface area (Å²) in [7, 11) is 0. The maximum Gasteiger partial charge on any atom is 0.152 e. The highest BCUT2D eigenvalue weighted by Gasteiger charge is 2.11. The molecule has 0 saturated carbocycles. The van der Waals surface area contributed by atoms with Crippen molar-refractivity contribution in [3.8, 4) is 0 Å². The third-order valence-corrected chi connectivity index (χ3v) is 3.62. The first-order chi connectivity index (χ1) is 9.10. The SMILES string of the molecule is CCC(C)NCC(=O)Cc1ccn(C(CC)CC)n1. The highest BCUT2D eigenvalue weighted by atomic mass is 16.1. The molecule has 1 unspecified atom stereocenters. The summed E-state index contributed by atoms with van der Waals surface area (Å²) in [6, 6.07) is 2.80. The Morgan fingerprint density at radius 2 is 2.00 bits per heavy atom. The van der Waals surface area contributed by atoms with Gasteiger partial charge in [-0.25, -0.2) is 0 Å². The van der Waals surface area contributed by atoms with Crippen LogP contribution in [0, 0.1) is 0 Å².